The lowest BCUT2D eigenvalue weighted by molar-refractivity contribution is -0.191. The van der Waals surface area contributed by atoms with Crippen molar-refractivity contribution in [2.24, 2.45) is 0 Å². The molecule has 1 unspecified atom stereocenters. The Morgan fingerprint density at radius 2 is 2.08 bits per heavy atom. The zero-order chi connectivity index (χ0) is 8.82. The second-order valence-corrected chi connectivity index (χ2v) is 2.59. The van der Waals surface area contributed by atoms with Gasteiger partial charge in [-0.05, 0) is 12.1 Å². The molecule has 1 fully saturated rings. The monoisotopic (exact) mass is 178 g/mol. The first kappa shape index (κ1) is 7.67. The van der Waals surface area contributed by atoms with Crippen LogP contribution in [0.5, 0.6) is 0 Å². The van der Waals surface area contributed by atoms with Crippen molar-refractivity contribution < 1.29 is 22.3 Å². The van der Waals surface area contributed by atoms with Gasteiger partial charge in [0, 0.05) is 0 Å². The van der Waals surface area contributed by atoms with Crippen molar-refractivity contribution in [2.45, 2.75) is 11.8 Å². The fourth-order valence-corrected chi connectivity index (χ4v) is 1.03. The Morgan fingerprint density at radius 3 is 2.42 bits per heavy atom. The van der Waals surface area contributed by atoms with Gasteiger partial charge in [0.1, 0.15) is 5.76 Å². The molecule has 2 heterocycles. The summed E-state index contributed by atoms with van der Waals surface area (Å²) in [4.78, 5) is 0. The summed E-state index contributed by atoms with van der Waals surface area (Å²) in [6.07, 6.45) is -3.19. The van der Waals surface area contributed by atoms with E-state index >= 15 is 0 Å². The van der Waals surface area contributed by atoms with Gasteiger partial charge < -0.3 is 9.15 Å². The topological polar surface area (TPSA) is 25.7 Å². The van der Waals surface area contributed by atoms with Crippen LogP contribution in [-0.2, 0) is 10.3 Å². The smallest absolute Gasteiger partial charge is 0.427 e. The van der Waals surface area contributed by atoms with E-state index in [0.29, 0.717) is 0 Å². The van der Waals surface area contributed by atoms with Gasteiger partial charge in [-0.1, -0.05) is 0 Å². The molecule has 1 saturated heterocycles. The van der Waals surface area contributed by atoms with E-state index in [1.807, 2.05) is 0 Å². The quantitative estimate of drug-likeness (QED) is 0.615. The summed E-state index contributed by atoms with van der Waals surface area (Å²) in [7, 11) is 0. The zero-order valence-corrected chi connectivity index (χ0v) is 5.89. The molecule has 0 aliphatic carbocycles. The largest absolute Gasteiger partial charge is 0.466 e. The highest BCUT2D eigenvalue weighted by Crippen LogP contribution is 2.51. The normalized spacial score (nSPS) is 28.9. The molecule has 0 spiro atoms. The Bertz CT molecular complexity index is 271. The standard InChI is InChI=1S/C7H5F3O2/c8-7(9,10)6(4-12-6)5-2-1-3-11-5/h1-3H,4H2. The van der Waals surface area contributed by atoms with Gasteiger partial charge in [-0.25, -0.2) is 0 Å². The fourth-order valence-electron chi connectivity index (χ4n) is 1.03. The Hall–Kier alpha value is -0.970. The van der Waals surface area contributed by atoms with Gasteiger partial charge in [0.2, 0.25) is 5.60 Å². The molecule has 1 aliphatic heterocycles. The number of alkyl halides is 3. The first-order valence-electron chi connectivity index (χ1n) is 3.31. The van der Waals surface area contributed by atoms with Crippen molar-refractivity contribution in [2.75, 3.05) is 6.61 Å². The molecule has 0 bridgehead atoms. The Morgan fingerprint density at radius 1 is 1.42 bits per heavy atom. The van der Waals surface area contributed by atoms with Crippen LogP contribution in [0, 0.1) is 0 Å². The summed E-state index contributed by atoms with van der Waals surface area (Å²) in [5, 5.41) is 0. The van der Waals surface area contributed by atoms with Crippen molar-refractivity contribution >= 4 is 0 Å². The minimum atomic E-state index is -4.38. The van der Waals surface area contributed by atoms with Crippen LogP contribution < -0.4 is 0 Å². The summed E-state index contributed by atoms with van der Waals surface area (Å²) in [5.74, 6) is -0.171. The van der Waals surface area contributed by atoms with Gasteiger partial charge >= 0.3 is 6.18 Å². The SMILES string of the molecule is FC(F)(F)C1(c2ccco2)CO1. The molecular weight excluding hydrogens is 173 g/mol. The Labute approximate surface area is 65.9 Å². The van der Waals surface area contributed by atoms with E-state index in [0.717, 1.165) is 0 Å². The molecule has 2 nitrogen and oxygen atoms in total. The molecule has 66 valence electrons. The number of hydrogen-bond acceptors (Lipinski definition) is 2. The molecule has 5 heteroatoms. The van der Waals surface area contributed by atoms with Crippen molar-refractivity contribution in [3.8, 4) is 0 Å². The van der Waals surface area contributed by atoms with Crippen LogP contribution >= 0.6 is 0 Å². The van der Waals surface area contributed by atoms with Crippen LogP contribution in [0.3, 0.4) is 0 Å². The zero-order valence-electron chi connectivity index (χ0n) is 5.89. The summed E-state index contributed by atoms with van der Waals surface area (Å²) in [6.45, 7) is -0.343. The van der Waals surface area contributed by atoms with E-state index in [1.165, 1.54) is 18.4 Å². The first-order chi connectivity index (χ1) is 5.56. The minimum absolute atomic E-state index is 0.171. The van der Waals surface area contributed by atoms with Crippen LogP contribution in [0.2, 0.25) is 0 Å². The Balaban J connectivity index is 2.35. The predicted octanol–water partition coefficient (Wildman–Crippen LogP) is 2.07. The van der Waals surface area contributed by atoms with Crippen molar-refractivity contribution in [3.63, 3.8) is 0 Å². The highest BCUT2D eigenvalue weighted by Gasteiger charge is 2.69. The summed E-state index contributed by atoms with van der Waals surface area (Å²) < 4.78 is 45.9. The van der Waals surface area contributed by atoms with Crippen LogP contribution in [-0.4, -0.2) is 12.8 Å². The number of epoxide rings is 1. The maximum Gasteiger partial charge on any atom is 0.427 e. The lowest BCUT2D eigenvalue weighted by Gasteiger charge is -2.12. The lowest BCUT2D eigenvalue weighted by atomic mass is 10.1. The van der Waals surface area contributed by atoms with Crippen LogP contribution in [0.25, 0.3) is 0 Å². The van der Waals surface area contributed by atoms with E-state index in [1.54, 1.807) is 0 Å². The molecule has 1 aromatic rings. The Kier molecular flexibility index (Phi) is 1.30. The molecule has 0 saturated carbocycles. The van der Waals surface area contributed by atoms with Gasteiger partial charge in [0.05, 0.1) is 12.9 Å². The summed E-state index contributed by atoms with van der Waals surface area (Å²) >= 11 is 0. The lowest BCUT2D eigenvalue weighted by Crippen LogP contribution is -2.29. The molecule has 12 heavy (non-hydrogen) atoms. The number of rotatable bonds is 1. The molecule has 1 aromatic heterocycles. The predicted molar refractivity (Wildman–Crippen MR) is 32.4 cm³/mol. The van der Waals surface area contributed by atoms with Gasteiger partial charge in [0.15, 0.2) is 0 Å². The van der Waals surface area contributed by atoms with Crippen molar-refractivity contribution in [1.82, 2.24) is 0 Å². The first-order valence-corrected chi connectivity index (χ1v) is 3.31. The average molecular weight is 178 g/mol. The van der Waals surface area contributed by atoms with E-state index < -0.39 is 11.8 Å². The molecule has 0 radical (unpaired) electrons. The fraction of sp³-hybridized carbons (Fsp3) is 0.429. The third-order valence-electron chi connectivity index (χ3n) is 1.81. The number of furan rings is 1. The maximum atomic E-state index is 12.3. The highest BCUT2D eigenvalue weighted by atomic mass is 19.4. The molecule has 1 aliphatic rings. The van der Waals surface area contributed by atoms with Crippen LogP contribution in [0.4, 0.5) is 13.2 Å². The molecule has 1 atom stereocenters. The van der Waals surface area contributed by atoms with Gasteiger partial charge in [-0.15, -0.1) is 0 Å². The van der Waals surface area contributed by atoms with E-state index in [2.05, 4.69) is 9.15 Å². The van der Waals surface area contributed by atoms with Gasteiger partial charge in [0.25, 0.3) is 0 Å². The number of ether oxygens (including phenoxy) is 1. The second kappa shape index (κ2) is 2.04. The van der Waals surface area contributed by atoms with Gasteiger partial charge in [-0.3, -0.25) is 0 Å². The highest BCUT2D eigenvalue weighted by molar-refractivity contribution is 5.18. The molecule has 0 aromatic carbocycles. The van der Waals surface area contributed by atoms with Crippen molar-refractivity contribution in [3.05, 3.63) is 24.2 Å². The summed E-state index contributed by atoms with van der Waals surface area (Å²) in [6, 6.07) is 2.67. The molecule has 0 N–H and O–H groups in total. The second-order valence-electron chi connectivity index (χ2n) is 2.59. The van der Waals surface area contributed by atoms with Crippen LogP contribution in [0.1, 0.15) is 5.76 Å². The average Bonchev–Trinajstić information content (AvgIpc) is 2.61. The molecule has 2 rings (SSSR count). The molecular formula is C7H5F3O2. The van der Waals surface area contributed by atoms with Crippen molar-refractivity contribution in [1.29, 1.82) is 0 Å². The van der Waals surface area contributed by atoms with E-state index in [-0.39, 0.29) is 12.4 Å². The van der Waals surface area contributed by atoms with E-state index in [9.17, 15) is 13.2 Å². The number of halogens is 3. The minimum Gasteiger partial charge on any atom is -0.466 e. The number of hydrogen-bond donors (Lipinski definition) is 0. The van der Waals surface area contributed by atoms with E-state index in [4.69, 9.17) is 0 Å². The summed E-state index contributed by atoms with van der Waals surface area (Å²) in [5.41, 5.74) is -2.16. The third kappa shape index (κ3) is 0.859. The maximum absolute atomic E-state index is 12.3. The van der Waals surface area contributed by atoms with Gasteiger partial charge in [-0.2, -0.15) is 13.2 Å². The van der Waals surface area contributed by atoms with Crippen LogP contribution in [0.15, 0.2) is 22.8 Å². The third-order valence-corrected chi connectivity index (χ3v) is 1.81. The molecule has 0 amide bonds.